The average molecular weight is 271 g/mol. The highest BCUT2D eigenvalue weighted by Crippen LogP contribution is 2.24. The molecular weight excluding hydrogens is 258 g/mol. The van der Waals surface area contributed by atoms with E-state index in [2.05, 4.69) is 10.1 Å². The fraction of sp³-hybridized carbons (Fsp3) is 0.214. The maximum absolute atomic E-state index is 10.9. The fourth-order valence-corrected chi connectivity index (χ4v) is 2.34. The zero-order chi connectivity index (χ0) is 14.3. The van der Waals surface area contributed by atoms with Crippen molar-refractivity contribution in [3.05, 3.63) is 41.5 Å². The molecule has 3 aromatic rings. The first-order valence-corrected chi connectivity index (χ1v) is 6.17. The number of hydrogen-bond acceptors (Lipinski definition) is 4. The van der Waals surface area contributed by atoms with Gasteiger partial charge in [0.15, 0.2) is 5.82 Å². The van der Waals surface area contributed by atoms with Gasteiger partial charge in [-0.05, 0) is 26.0 Å². The summed E-state index contributed by atoms with van der Waals surface area (Å²) in [5, 5.41) is 14.2. The minimum atomic E-state index is -0.870. The second-order valence-electron chi connectivity index (χ2n) is 4.60. The van der Waals surface area contributed by atoms with Gasteiger partial charge in [-0.1, -0.05) is 0 Å². The zero-order valence-corrected chi connectivity index (χ0v) is 11.1. The van der Waals surface area contributed by atoms with Crippen LogP contribution >= 0.6 is 0 Å². The van der Waals surface area contributed by atoms with E-state index in [0.717, 1.165) is 22.2 Å². The van der Waals surface area contributed by atoms with Crippen LogP contribution < -0.4 is 0 Å². The Morgan fingerprint density at radius 2 is 2.20 bits per heavy atom. The molecule has 6 nitrogen and oxygen atoms in total. The molecule has 3 aromatic heterocycles. The SMILES string of the molecule is Cc1nn(-c2nccc3occc23)c(C)c1CC(=O)O. The van der Waals surface area contributed by atoms with Crippen molar-refractivity contribution in [3.8, 4) is 5.82 Å². The standard InChI is InChI=1S/C14H13N3O3/c1-8-11(7-13(18)19)9(2)17(16-8)14-10-4-6-20-12(10)3-5-15-14/h3-6H,7H2,1-2H3,(H,18,19). The number of aryl methyl sites for hydroxylation is 1. The number of carboxylic acids is 1. The van der Waals surface area contributed by atoms with E-state index >= 15 is 0 Å². The number of nitrogens with zero attached hydrogens (tertiary/aromatic N) is 3. The maximum Gasteiger partial charge on any atom is 0.307 e. The molecule has 0 radical (unpaired) electrons. The minimum Gasteiger partial charge on any atom is -0.481 e. The van der Waals surface area contributed by atoms with E-state index in [9.17, 15) is 4.79 Å². The third-order valence-corrected chi connectivity index (χ3v) is 3.33. The van der Waals surface area contributed by atoms with E-state index in [4.69, 9.17) is 9.52 Å². The Kier molecular flexibility index (Phi) is 2.78. The van der Waals surface area contributed by atoms with Crippen LogP contribution in [0, 0.1) is 13.8 Å². The number of pyridine rings is 1. The summed E-state index contributed by atoms with van der Waals surface area (Å²) in [5.41, 5.74) is 2.93. The van der Waals surface area contributed by atoms with Gasteiger partial charge in [0.1, 0.15) is 5.58 Å². The summed E-state index contributed by atoms with van der Waals surface area (Å²) in [7, 11) is 0. The number of carboxylic acid groups (broad SMARTS) is 1. The summed E-state index contributed by atoms with van der Waals surface area (Å²) < 4.78 is 7.02. The second-order valence-corrected chi connectivity index (χ2v) is 4.60. The quantitative estimate of drug-likeness (QED) is 0.790. The van der Waals surface area contributed by atoms with Gasteiger partial charge in [-0.3, -0.25) is 4.79 Å². The van der Waals surface area contributed by atoms with Crippen LogP contribution in [0.1, 0.15) is 17.0 Å². The zero-order valence-electron chi connectivity index (χ0n) is 11.1. The van der Waals surface area contributed by atoms with E-state index in [1.54, 1.807) is 30.1 Å². The van der Waals surface area contributed by atoms with Crippen molar-refractivity contribution in [1.29, 1.82) is 0 Å². The lowest BCUT2D eigenvalue weighted by Crippen LogP contribution is -2.05. The van der Waals surface area contributed by atoms with E-state index in [-0.39, 0.29) is 6.42 Å². The van der Waals surface area contributed by atoms with Crippen molar-refractivity contribution in [3.63, 3.8) is 0 Å². The highest BCUT2D eigenvalue weighted by atomic mass is 16.4. The van der Waals surface area contributed by atoms with Gasteiger partial charge in [-0.25, -0.2) is 9.67 Å². The Morgan fingerprint density at radius 3 is 2.95 bits per heavy atom. The first-order chi connectivity index (χ1) is 9.58. The molecule has 6 heteroatoms. The monoisotopic (exact) mass is 271 g/mol. The van der Waals surface area contributed by atoms with E-state index in [1.165, 1.54) is 0 Å². The molecule has 0 amide bonds. The molecule has 3 heterocycles. The van der Waals surface area contributed by atoms with Crippen LogP contribution in [0.15, 0.2) is 29.0 Å². The van der Waals surface area contributed by atoms with Crippen LogP contribution in [-0.2, 0) is 11.2 Å². The number of furan rings is 1. The number of hydrogen-bond donors (Lipinski definition) is 1. The van der Waals surface area contributed by atoms with E-state index < -0.39 is 5.97 Å². The van der Waals surface area contributed by atoms with Gasteiger partial charge in [-0.15, -0.1) is 0 Å². The Morgan fingerprint density at radius 1 is 1.40 bits per heavy atom. The first-order valence-electron chi connectivity index (χ1n) is 6.17. The molecule has 0 aromatic carbocycles. The summed E-state index contributed by atoms with van der Waals surface area (Å²) >= 11 is 0. The predicted molar refractivity (Wildman–Crippen MR) is 71.9 cm³/mol. The van der Waals surface area contributed by atoms with Gasteiger partial charge >= 0.3 is 5.97 Å². The van der Waals surface area contributed by atoms with Crippen molar-refractivity contribution in [2.24, 2.45) is 0 Å². The lowest BCUT2D eigenvalue weighted by Gasteiger charge is -2.04. The molecule has 0 aliphatic heterocycles. The van der Waals surface area contributed by atoms with Crippen molar-refractivity contribution < 1.29 is 14.3 Å². The number of carbonyl (C=O) groups is 1. The average Bonchev–Trinajstić information content (AvgIpc) is 2.98. The summed E-state index contributed by atoms with van der Waals surface area (Å²) in [6, 6.07) is 3.60. The Bertz CT molecular complexity index is 801. The van der Waals surface area contributed by atoms with E-state index in [1.807, 2.05) is 13.0 Å². The van der Waals surface area contributed by atoms with Crippen LogP contribution in [0.3, 0.4) is 0 Å². The van der Waals surface area contributed by atoms with Crippen molar-refractivity contribution in [2.75, 3.05) is 0 Å². The van der Waals surface area contributed by atoms with Crippen LogP contribution in [0.25, 0.3) is 16.8 Å². The molecule has 0 saturated carbocycles. The molecule has 102 valence electrons. The molecular formula is C14H13N3O3. The van der Waals surface area contributed by atoms with Crippen LogP contribution in [0.4, 0.5) is 0 Å². The molecule has 0 unspecified atom stereocenters. The molecule has 1 N–H and O–H groups in total. The predicted octanol–water partition coefficient (Wildman–Crippen LogP) is 2.26. The summed E-state index contributed by atoms with van der Waals surface area (Å²) in [6.07, 6.45) is 3.20. The fourth-order valence-electron chi connectivity index (χ4n) is 2.34. The molecule has 0 aliphatic carbocycles. The number of aromatic nitrogens is 3. The molecule has 20 heavy (non-hydrogen) atoms. The lowest BCUT2D eigenvalue weighted by atomic mass is 10.1. The van der Waals surface area contributed by atoms with Gasteiger partial charge in [-0.2, -0.15) is 5.10 Å². The van der Waals surface area contributed by atoms with Crippen molar-refractivity contribution in [1.82, 2.24) is 14.8 Å². The first kappa shape index (κ1) is 12.4. The normalized spacial score (nSPS) is 11.1. The maximum atomic E-state index is 10.9. The third kappa shape index (κ3) is 1.85. The van der Waals surface area contributed by atoms with Gasteiger partial charge in [0, 0.05) is 17.5 Å². The Hall–Kier alpha value is -2.63. The van der Waals surface area contributed by atoms with Crippen LogP contribution in [0.2, 0.25) is 0 Å². The minimum absolute atomic E-state index is 0.0426. The van der Waals surface area contributed by atoms with Gasteiger partial charge in [0.05, 0.1) is 23.8 Å². The van der Waals surface area contributed by atoms with Crippen molar-refractivity contribution in [2.45, 2.75) is 20.3 Å². The Balaban J connectivity index is 2.20. The van der Waals surface area contributed by atoms with Crippen LogP contribution in [0.5, 0.6) is 0 Å². The lowest BCUT2D eigenvalue weighted by molar-refractivity contribution is -0.136. The van der Waals surface area contributed by atoms with E-state index in [0.29, 0.717) is 11.5 Å². The topological polar surface area (TPSA) is 81.2 Å². The van der Waals surface area contributed by atoms with Crippen LogP contribution in [-0.4, -0.2) is 25.8 Å². The number of fused-ring (bicyclic) bond motifs is 1. The highest BCUT2D eigenvalue weighted by Gasteiger charge is 2.17. The second kappa shape index (κ2) is 4.48. The van der Waals surface area contributed by atoms with Crippen molar-refractivity contribution >= 4 is 16.9 Å². The van der Waals surface area contributed by atoms with Gasteiger partial charge in [0.25, 0.3) is 0 Å². The summed E-state index contributed by atoms with van der Waals surface area (Å²) in [6.45, 7) is 3.65. The number of aliphatic carboxylic acids is 1. The molecule has 3 rings (SSSR count). The molecule has 0 atom stereocenters. The third-order valence-electron chi connectivity index (χ3n) is 3.33. The molecule has 0 fully saturated rings. The van der Waals surface area contributed by atoms with Gasteiger partial charge in [0.2, 0.25) is 0 Å². The molecule has 0 aliphatic rings. The highest BCUT2D eigenvalue weighted by molar-refractivity contribution is 5.84. The Labute approximate surface area is 114 Å². The molecule has 0 spiro atoms. The van der Waals surface area contributed by atoms with Gasteiger partial charge < -0.3 is 9.52 Å². The largest absolute Gasteiger partial charge is 0.481 e. The molecule has 0 saturated heterocycles. The summed E-state index contributed by atoms with van der Waals surface area (Å²) in [5.74, 6) is -0.223. The smallest absolute Gasteiger partial charge is 0.307 e. The summed E-state index contributed by atoms with van der Waals surface area (Å²) in [4.78, 5) is 15.3. The molecule has 0 bridgehead atoms. The number of rotatable bonds is 3.